The van der Waals surface area contributed by atoms with Crippen molar-refractivity contribution in [3.63, 3.8) is 0 Å². The first-order valence-electron chi connectivity index (χ1n) is 19.7. The molecule has 5 atom stereocenters. The smallest absolute Gasteiger partial charge is 0.306 e. The van der Waals surface area contributed by atoms with Gasteiger partial charge in [-0.3, -0.25) is 23.9 Å². The fourth-order valence-corrected chi connectivity index (χ4v) is 10.2. The van der Waals surface area contributed by atoms with E-state index in [0.29, 0.717) is 31.6 Å². The minimum absolute atomic E-state index is 0.0678. The van der Waals surface area contributed by atoms with Crippen molar-refractivity contribution < 1.29 is 41.8 Å². The number of benzene rings is 1. The molecule has 0 spiro atoms. The Labute approximate surface area is 312 Å². The molecule has 5 aliphatic rings. The van der Waals surface area contributed by atoms with Gasteiger partial charge in [0.15, 0.2) is 5.78 Å². The summed E-state index contributed by atoms with van der Waals surface area (Å²) in [5, 5.41) is 1.14. The summed E-state index contributed by atoms with van der Waals surface area (Å²) in [5.74, 6) is -1.19. The number of methoxy groups -OCH3 is 1. The van der Waals surface area contributed by atoms with Crippen LogP contribution in [-0.4, -0.2) is 79.5 Å². The SMILES string of the molecule is COc1cc2ccnc3c2cc1CCCCCCOC(=O)C[C@H]1CCCCCCC[C@H]2C[C@@]2(C(=O)NS(=O)(=O)C2CC2)CC(=O)[C@@H]2C[C@H](CN2C1=O)O3. The minimum Gasteiger partial charge on any atom is -0.496 e. The summed E-state index contributed by atoms with van der Waals surface area (Å²) >= 11 is 0. The minimum atomic E-state index is -3.81. The molecule has 2 aromatic rings. The predicted octanol–water partition coefficient (Wildman–Crippen LogP) is 5.58. The van der Waals surface area contributed by atoms with Crippen LogP contribution in [0.5, 0.6) is 11.6 Å². The molecule has 2 amide bonds. The molecule has 1 aromatic carbocycles. The Balaban J connectivity index is 1.22. The maximum Gasteiger partial charge on any atom is 0.306 e. The van der Waals surface area contributed by atoms with E-state index in [1.807, 2.05) is 12.1 Å². The van der Waals surface area contributed by atoms with Gasteiger partial charge in [-0.2, -0.15) is 0 Å². The van der Waals surface area contributed by atoms with Gasteiger partial charge in [-0.1, -0.05) is 44.9 Å². The van der Waals surface area contributed by atoms with Crippen LogP contribution in [-0.2, 0) is 40.4 Å². The third-order valence-corrected chi connectivity index (χ3v) is 14.0. The summed E-state index contributed by atoms with van der Waals surface area (Å²) in [5.41, 5.74) is -0.103. The van der Waals surface area contributed by atoms with Gasteiger partial charge < -0.3 is 19.1 Å². The number of cyclic esters (lactones) is 1. The van der Waals surface area contributed by atoms with Crippen LogP contribution in [0.1, 0.15) is 115 Å². The summed E-state index contributed by atoms with van der Waals surface area (Å²) in [4.78, 5) is 62.2. The standard InChI is InChI=1S/C40H53N3O9S/c1-50-35-20-26-16-17-41-37-32(26)19-27(35)11-7-5-6-10-18-51-36(45)21-28-12-8-3-2-4-9-13-29-23-40(29,39(47)42-53(48,49)31-14-15-31)24-34(44)33-22-30(52-37)25-43(33)38(28)46/h16-17,19-20,28-31,33H,2-15,18,21-25H2,1H3,(H,42,47)/t28-,29+,30-,33+,40-/m1/s1. The zero-order valence-corrected chi connectivity index (χ0v) is 31.6. The molecular weight excluding hydrogens is 699 g/mol. The Morgan fingerprint density at radius 3 is 2.53 bits per heavy atom. The Bertz CT molecular complexity index is 1830. The number of sulfonamides is 1. The molecule has 2 aliphatic carbocycles. The molecule has 1 N–H and O–H groups in total. The fourth-order valence-electron chi connectivity index (χ4n) is 8.82. The number of esters is 1. The van der Waals surface area contributed by atoms with E-state index in [1.165, 1.54) is 0 Å². The zero-order chi connectivity index (χ0) is 37.2. The Kier molecular flexibility index (Phi) is 11.3. The number of nitrogens with zero attached hydrogens (tertiary/aromatic N) is 2. The first-order chi connectivity index (χ1) is 25.6. The van der Waals surface area contributed by atoms with E-state index in [1.54, 1.807) is 18.2 Å². The van der Waals surface area contributed by atoms with Gasteiger partial charge in [-0.25, -0.2) is 13.4 Å². The average Bonchev–Trinajstić information content (AvgIpc) is 4.06. The van der Waals surface area contributed by atoms with Crippen molar-refractivity contribution in [1.29, 1.82) is 0 Å². The number of carbonyl (C=O) groups excluding carboxylic acids is 4. The predicted molar refractivity (Wildman–Crippen MR) is 197 cm³/mol. The molecular formula is C40H53N3O9S. The van der Waals surface area contributed by atoms with E-state index >= 15 is 0 Å². The van der Waals surface area contributed by atoms with Crippen molar-refractivity contribution in [2.45, 2.75) is 133 Å². The van der Waals surface area contributed by atoms with Crippen molar-refractivity contribution >= 4 is 44.4 Å². The van der Waals surface area contributed by atoms with E-state index in [0.717, 1.165) is 92.7 Å². The molecule has 0 unspecified atom stereocenters. The molecule has 5 bridgehead atoms. The summed E-state index contributed by atoms with van der Waals surface area (Å²) in [6.45, 7) is 0.400. The largest absolute Gasteiger partial charge is 0.496 e. The number of fused-ring (bicyclic) bond motifs is 4. The summed E-state index contributed by atoms with van der Waals surface area (Å²) in [7, 11) is -2.15. The molecule has 3 aliphatic heterocycles. The first-order valence-corrected chi connectivity index (χ1v) is 21.3. The lowest BCUT2D eigenvalue weighted by atomic mass is 9.90. The number of nitrogens with one attached hydrogen (secondary N) is 1. The Morgan fingerprint density at radius 2 is 1.74 bits per heavy atom. The zero-order valence-electron chi connectivity index (χ0n) is 30.8. The lowest BCUT2D eigenvalue weighted by Gasteiger charge is -2.29. The number of hydrogen-bond acceptors (Lipinski definition) is 10. The number of pyridine rings is 1. The summed E-state index contributed by atoms with van der Waals surface area (Å²) in [6, 6.07) is 5.03. The third kappa shape index (κ3) is 8.49. The van der Waals surface area contributed by atoms with Crippen LogP contribution in [0.15, 0.2) is 24.4 Å². The second-order valence-electron chi connectivity index (χ2n) is 16.0. The van der Waals surface area contributed by atoms with E-state index in [2.05, 4.69) is 15.8 Å². The highest BCUT2D eigenvalue weighted by atomic mass is 32.2. The molecule has 4 fully saturated rings. The second kappa shape index (κ2) is 15.9. The Morgan fingerprint density at radius 1 is 0.981 bits per heavy atom. The highest BCUT2D eigenvalue weighted by Gasteiger charge is 2.62. The van der Waals surface area contributed by atoms with Crippen molar-refractivity contribution in [1.82, 2.24) is 14.6 Å². The van der Waals surface area contributed by atoms with Crippen LogP contribution in [0.2, 0.25) is 0 Å². The molecule has 0 radical (unpaired) electrons. The van der Waals surface area contributed by atoms with E-state index in [9.17, 15) is 27.6 Å². The van der Waals surface area contributed by atoms with Gasteiger partial charge in [0.1, 0.15) is 11.9 Å². The van der Waals surface area contributed by atoms with Crippen molar-refractivity contribution in [2.75, 3.05) is 20.3 Å². The Hall–Kier alpha value is -3.74. The van der Waals surface area contributed by atoms with Crippen molar-refractivity contribution in [2.24, 2.45) is 17.3 Å². The normalized spacial score (nSPS) is 29.5. The first kappa shape index (κ1) is 37.6. The molecule has 2 saturated heterocycles. The van der Waals surface area contributed by atoms with Crippen LogP contribution in [0, 0.1) is 17.3 Å². The monoisotopic (exact) mass is 751 g/mol. The number of ether oxygens (including phenoxy) is 3. The van der Waals surface area contributed by atoms with Crippen LogP contribution in [0.3, 0.4) is 0 Å². The number of ketones is 1. The fraction of sp³-hybridized carbons (Fsp3) is 0.675. The maximum absolute atomic E-state index is 14.6. The average molecular weight is 752 g/mol. The van der Waals surface area contributed by atoms with Crippen LogP contribution in [0.25, 0.3) is 10.8 Å². The van der Waals surface area contributed by atoms with E-state index in [-0.39, 0.29) is 50.0 Å². The van der Waals surface area contributed by atoms with Gasteiger partial charge in [0.25, 0.3) is 0 Å². The molecule has 7 rings (SSSR count). The second-order valence-corrected chi connectivity index (χ2v) is 18.0. The number of Topliss-reactive ketones (excluding diaryl/α,β-unsaturated/α-hetero) is 1. The van der Waals surface area contributed by atoms with Crippen molar-refractivity contribution in [3.8, 4) is 11.6 Å². The quantitative estimate of drug-likeness (QED) is 0.392. The maximum atomic E-state index is 14.6. The number of carbonyl (C=O) groups is 4. The topological polar surface area (TPSA) is 158 Å². The third-order valence-electron chi connectivity index (χ3n) is 12.2. The van der Waals surface area contributed by atoms with Gasteiger partial charge in [0.05, 0.1) is 43.4 Å². The molecule has 288 valence electrons. The van der Waals surface area contributed by atoms with Crippen LogP contribution < -0.4 is 14.2 Å². The number of rotatable bonds is 4. The summed E-state index contributed by atoms with van der Waals surface area (Å²) in [6.07, 6.45) is 12.5. The molecule has 4 heterocycles. The van der Waals surface area contributed by atoms with Gasteiger partial charge in [0.2, 0.25) is 27.7 Å². The highest BCUT2D eigenvalue weighted by Crippen LogP contribution is 2.59. The van der Waals surface area contributed by atoms with Gasteiger partial charge >= 0.3 is 5.97 Å². The molecule has 1 aromatic heterocycles. The van der Waals surface area contributed by atoms with Gasteiger partial charge in [0, 0.05) is 30.3 Å². The lowest BCUT2D eigenvalue weighted by molar-refractivity contribution is -0.150. The van der Waals surface area contributed by atoms with E-state index in [4.69, 9.17) is 14.2 Å². The van der Waals surface area contributed by atoms with Crippen LogP contribution in [0.4, 0.5) is 0 Å². The van der Waals surface area contributed by atoms with Crippen LogP contribution >= 0.6 is 0 Å². The number of hydrogen-bond donors (Lipinski definition) is 1. The van der Waals surface area contributed by atoms with E-state index < -0.39 is 50.6 Å². The molecule has 13 heteroatoms. The van der Waals surface area contributed by atoms with Gasteiger partial charge in [-0.05, 0) is 86.4 Å². The molecule has 53 heavy (non-hydrogen) atoms. The highest BCUT2D eigenvalue weighted by molar-refractivity contribution is 7.90. The number of aromatic nitrogens is 1. The van der Waals surface area contributed by atoms with Gasteiger partial charge in [-0.15, -0.1) is 0 Å². The number of aryl methyl sites for hydroxylation is 1. The van der Waals surface area contributed by atoms with Crippen molar-refractivity contribution in [3.05, 3.63) is 30.0 Å². The lowest BCUT2D eigenvalue weighted by Crippen LogP contribution is -2.46. The number of amides is 2. The molecule has 12 nitrogen and oxygen atoms in total. The summed E-state index contributed by atoms with van der Waals surface area (Å²) < 4.78 is 46.1. The molecule has 2 saturated carbocycles.